The zero-order valence-corrected chi connectivity index (χ0v) is 18.2. The van der Waals surface area contributed by atoms with Crippen LogP contribution >= 0.6 is 11.8 Å². The summed E-state index contributed by atoms with van der Waals surface area (Å²) in [5, 5.41) is 15.2. The molecule has 0 atom stereocenters. The summed E-state index contributed by atoms with van der Waals surface area (Å²) in [6.45, 7) is 2.09. The highest BCUT2D eigenvalue weighted by Gasteiger charge is 2.16. The number of nitrogens with zero attached hydrogens (tertiary/aromatic N) is 4. The molecule has 0 unspecified atom stereocenters. The molecule has 0 radical (unpaired) electrons. The third kappa shape index (κ3) is 4.92. The van der Waals surface area contributed by atoms with Gasteiger partial charge in [-0.3, -0.25) is 9.59 Å². The Morgan fingerprint density at radius 1 is 0.938 bits per heavy atom. The van der Waals surface area contributed by atoms with Crippen molar-refractivity contribution in [2.45, 2.75) is 18.5 Å². The van der Waals surface area contributed by atoms with E-state index in [1.54, 1.807) is 41.1 Å². The molecule has 0 fully saturated rings. The smallest absolute Gasteiger partial charge is 0.234 e. The highest BCUT2D eigenvalue weighted by atomic mass is 32.2. The number of aryl methyl sites for hydroxylation is 1. The molecule has 0 saturated carbocycles. The molecular weight excluding hydrogens is 422 g/mol. The third-order valence-corrected chi connectivity index (χ3v) is 5.76. The second-order valence-electron chi connectivity index (χ2n) is 6.97. The van der Waals surface area contributed by atoms with Crippen molar-refractivity contribution in [2.75, 3.05) is 11.1 Å². The molecule has 8 heteroatoms. The Morgan fingerprint density at radius 3 is 2.41 bits per heavy atom. The average Bonchev–Trinajstić information content (AvgIpc) is 3.32. The molecule has 0 aliphatic rings. The van der Waals surface area contributed by atoms with Gasteiger partial charge in [0.1, 0.15) is 0 Å². The first kappa shape index (κ1) is 21.5. The summed E-state index contributed by atoms with van der Waals surface area (Å²) < 4.78 is 1.60. The van der Waals surface area contributed by atoms with E-state index in [0.29, 0.717) is 22.0 Å². The fourth-order valence-electron chi connectivity index (χ4n) is 3.16. The van der Waals surface area contributed by atoms with Crippen molar-refractivity contribution in [3.63, 3.8) is 0 Å². The number of anilines is 1. The van der Waals surface area contributed by atoms with Crippen molar-refractivity contribution < 1.29 is 9.59 Å². The van der Waals surface area contributed by atoms with Crippen molar-refractivity contribution in [3.8, 4) is 5.69 Å². The number of nitrogens with one attached hydrogen (secondary N) is 1. The van der Waals surface area contributed by atoms with Crippen LogP contribution in [0.3, 0.4) is 0 Å². The number of thioether (sulfide) groups is 1. The van der Waals surface area contributed by atoms with Gasteiger partial charge in [0.25, 0.3) is 0 Å². The summed E-state index contributed by atoms with van der Waals surface area (Å²) >= 11 is 1.23. The van der Waals surface area contributed by atoms with Gasteiger partial charge in [0.05, 0.1) is 17.1 Å². The van der Waals surface area contributed by atoms with Gasteiger partial charge in [-0.25, -0.2) is 0 Å². The maximum Gasteiger partial charge on any atom is 0.234 e. The fourth-order valence-corrected chi connectivity index (χ4v) is 3.85. The number of carbonyl (C=O) groups excluding carboxylic acids is 2. The molecule has 1 N–H and O–H groups in total. The van der Waals surface area contributed by atoms with Crippen LogP contribution in [0.25, 0.3) is 5.69 Å². The molecule has 0 aliphatic carbocycles. The number of hydrogen-bond donors (Lipinski definition) is 1. The van der Waals surface area contributed by atoms with Gasteiger partial charge in [0.15, 0.2) is 5.78 Å². The van der Waals surface area contributed by atoms with Gasteiger partial charge in [0, 0.05) is 11.1 Å². The lowest BCUT2D eigenvalue weighted by Gasteiger charge is -2.10. The van der Waals surface area contributed by atoms with E-state index in [1.165, 1.54) is 17.3 Å². The van der Waals surface area contributed by atoms with Crippen molar-refractivity contribution >= 4 is 29.1 Å². The van der Waals surface area contributed by atoms with Crippen molar-refractivity contribution in [1.82, 2.24) is 20.2 Å². The van der Waals surface area contributed by atoms with Crippen molar-refractivity contribution in [2.24, 2.45) is 0 Å². The maximum atomic E-state index is 12.9. The number of hydrogen-bond acceptors (Lipinski definition) is 6. The minimum absolute atomic E-state index is 0.0985. The van der Waals surface area contributed by atoms with E-state index in [2.05, 4.69) is 27.8 Å². The van der Waals surface area contributed by atoms with Crippen LogP contribution in [0.2, 0.25) is 0 Å². The van der Waals surface area contributed by atoms with Crippen LogP contribution < -0.4 is 5.32 Å². The Labute approximate surface area is 189 Å². The summed E-state index contributed by atoms with van der Waals surface area (Å²) in [4.78, 5) is 25.5. The minimum Gasteiger partial charge on any atom is -0.325 e. The Bertz CT molecular complexity index is 1220. The van der Waals surface area contributed by atoms with E-state index in [4.69, 9.17) is 0 Å². The predicted octanol–water partition coefficient (Wildman–Crippen LogP) is 4.19. The van der Waals surface area contributed by atoms with Gasteiger partial charge in [-0.15, -0.1) is 5.10 Å². The molecule has 160 valence electrons. The van der Waals surface area contributed by atoms with Gasteiger partial charge in [-0.2, -0.15) is 4.68 Å². The van der Waals surface area contributed by atoms with Crippen LogP contribution in [0.5, 0.6) is 0 Å². The predicted molar refractivity (Wildman–Crippen MR) is 124 cm³/mol. The molecule has 7 nitrogen and oxygen atoms in total. The highest BCUT2D eigenvalue weighted by Crippen LogP contribution is 2.22. The summed E-state index contributed by atoms with van der Waals surface area (Å²) in [5.41, 5.74) is 3.53. The fraction of sp³-hybridized carbons (Fsp3) is 0.125. The quantitative estimate of drug-likeness (QED) is 0.324. The highest BCUT2D eigenvalue weighted by molar-refractivity contribution is 7.99. The lowest BCUT2D eigenvalue weighted by molar-refractivity contribution is -0.113. The van der Waals surface area contributed by atoms with Crippen LogP contribution in [-0.2, 0) is 11.2 Å². The third-order valence-electron chi connectivity index (χ3n) is 4.84. The molecule has 4 aromatic rings. The molecule has 4 rings (SSSR count). The Morgan fingerprint density at radius 2 is 1.66 bits per heavy atom. The number of tetrazole rings is 1. The monoisotopic (exact) mass is 443 g/mol. The molecule has 1 heterocycles. The Balaban J connectivity index is 1.44. The molecule has 1 aromatic heterocycles. The standard InChI is InChI=1S/C24H21N5O2S/c1-2-17-12-14-19(15-13-17)29-24(26-27-28-29)32-16-22(30)25-21-11-7-6-10-20(21)23(31)18-8-4-3-5-9-18/h3-15H,2,16H2,1H3,(H,25,30). The number of para-hydroxylation sites is 1. The first-order chi connectivity index (χ1) is 15.7. The van der Waals surface area contributed by atoms with E-state index in [-0.39, 0.29) is 17.4 Å². The van der Waals surface area contributed by atoms with E-state index < -0.39 is 0 Å². The van der Waals surface area contributed by atoms with Gasteiger partial charge in [-0.05, 0) is 46.7 Å². The molecule has 3 aromatic carbocycles. The minimum atomic E-state index is -0.251. The number of aromatic nitrogens is 4. The molecular formula is C24H21N5O2S. The van der Waals surface area contributed by atoms with Gasteiger partial charge in [0.2, 0.25) is 11.1 Å². The van der Waals surface area contributed by atoms with Gasteiger partial charge < -0.3 is 5.32 Å². The van der Waals surface area contributed by atoms with Crippen molar-refractivity contribution in [1.29, 1.82) is 0 Å². The normalized spacial score (nSPS) is 10.7. The van der Waals surface area contributed by atoms with Crippen LogP contribution in [0.1, 0.15) is 28.4 Å². The van der Waals surface area contributed by atoms with Gasteiger partial charge >= 0.3 is 0 Å². The van der Waals surface area contributed by atoms with E-state index in [1.807, 2.05) is 42.5 Å². The second kappa shape index (κ2) is 10.0. The van der Waals surface area contributed by atoms with E-state index >= 15 is 0 Å². The van der Waals surface area contributed by atoms with Crippen LogP contribution in [0.4, 0.5) is 5.69 Å². The number of amides is 1. The number of rotatable bonds is 8. The van der Waals surface area contributed by atoms with Crippen LogP contribution in [0.15, 0.2) is 84.0 Å². The largest absolute Gasteiger partial charge is 0.325 e. The zero-order valence-electron chi connectivity index (χ0n) is 17.4. The molecule has 32 heavy (non-hydrogen) atoms. The maximum absolute atomic E-state index is 12.9. The Kier molecular flexibility index (Phi) is 6.72. The van der Waals surface area contributed by atoms with Crippen LogP contribution in [-0.4, -0.2) is 37.7 Å². The molecule has 0 aliphatic heterocycles. The topological polar surface area (TPSA) is 89.8 Å². The summed E-state index contributed by atoms with van der Waals surface area (Å²) in [6, 6.07) is 23.9. The van der Waals surface area contributed by atoms with Gasteiger partial charge in [-0.1, -0.05) is 73.3 Å². The lowest BCUT2D eigenvalue weighted by Crippen LogP contribution is -2.17. The summed E-state index contributed by atoms with van der Waals surface area (Å²) in [6.07, 6.45) is 0.950. The first-order valence-electron chi connectivity index (χ1n) is 10.1. The SMILES string of the molecule is CCc1ccc(-n2nnnc2SCC(=O)Nc2ccccc2C(=O)c2ccccc2)cc1. The van der Waals surface area contributed by atoms with Crippen LogP contribution in [0, 0.1) is 0 Å². The molecule has 0 spiro atoms. The summed E-state index contributed by atoms with van der Waals surface area (Å²) in [5.74, 6) is -0.297. The average molecular weight is 444 g/mol. The van der Waals surface area contributed by atoms with E-state index in [9.17, 15) is 9.59 Å². The first-order valence-corrected chi connectivity index (χ1v) is 11.1. The lowest BCUT2D eigenvalue weighted by atomic mass is 10.0. The van der Waals surface area contributed by atoms with E-state index in [0.717, 1.165) is 12.1 Å². The zero-order chi connectivity index (χ0) is 22.3. The number of benzene rings is 3. The molecule has 0 saturated heterocycles. The van der Waals surface area contributed by atoms with Crippen molar-refractivity contribution in [3.05, 3.63) is 95.6 Å². The number of carbonyl (C=O) groups is 2. The molecule has 0 bridgehead atoms. The Hall–Kier alpha value is -3.78. The second-order valence-corrected chi connectivity index (χ2v) is 7.91. The summed E-state index contributed by atoms with van der Waals surface area (Å²) in [7, 11) is 0. The number of ketones is 1. The molecule has 1 amide bonds.